The van der Waals surface area contributed by atoms with Gasteiger partial charge in [-0.2, -0.15) is 5.10 Å². The molecule has 0 spiro atoms. The molecule has 0 saturated carbocycles. The van der Waals surface area contributed by atoms with Gasteiger partial charge >= 0.3 is 0 Å². The highest BCUT2D eigenvalue weighted by Crippen LogP contribution is 2.17. The first kappa shape index (κ1) is 15.2. The summed E-state index contributed by atoms with van der Waals surface area (Å²) in [6, 6.07) is 10.4. The molecule has 118 valence electrons. The minimum atomic E-state index is -2.87. The van der Waals surface area contributed by atoms with Gasteiger partial charge in [-0.1, -0.05) is 12.1 Å². The summed E-state index contributed by atoms with van der Waals surface area (Å²) >= 11 is 0. The maximum atomic E-state index is 11.8. The topological polar surface area (TPSA) is 55.2 Å². The second-order valence-corrected chi connectivity index (χ2v) is 8.18. The summed E-state index contributed by atoms with van der Waals surface area (Å²) in [5.41, 5.74) is 2.22. The summed E-state index contributed by atoms with van der Waals surface area (Å²) in [6.45, 7) is 3.51. The van der Waals surface area contributed by atoms with Crippen LogP contribution in [0.15, 0.2) is 42.7 Å². The average Bonchev–Trinajstić information content (AvgIpc) is 3.00. The lowest BCUT2D eigenvalue weighted by Crippen LogP contribution is -2.33. The summed E-state index contributed by atoms with van der Waals surface area (Å²) < 4.78 is 25.3. The predicted molar refractivity (Wildman–Crippen MR) is 86.7 cm³/mol. The van der Waals surface area contributed by atoms with Crippen LogP contribution in [0.3, 0.4) is 0 Å². The molecule has 1 aromatic carbocycles. The molecule has 1 unspecified atom stereocenters. The zero-order valence-electron chi connectivity index (χ0n) is 12.7. The molecule has 0 amide bonds. The van der Waals surface area contributed by atoms with E-state index in [2.05, 4.69) is 29.1 Å². The minimum Gasteiger partial charge on any atom is -0.295 e. The summed E-state index contributed by atoms with van der Waals surface area (Å²) in [4.78, 5) is 2.26. The lowest BCUT2D eigenvalue weighted by molar-refractivity contribution is 0.212. The van der Waals surface area contributed by atoms with Gasteiger partial charge in [-0.3, -0.25) is 4.90 Å². The first-order valence-electron chi connectivity index (χ1n) is 7.57. The third-order valence-electron chi connectivity index (χ3n) is 4.25. The fourth-order valence-corrected chi connectivity index (χ4v) is 4.17. The van der Waals surface area contributed by atoms with Gasteiger partial charge in [0.2, 0.25) is 0 Å². The van der Waals surface area contributed by atoms with Gasteiger partial charge in [-0.05, 0) is 37.1 Å². The smallest absolute Gasteiger partial charge is 0.151 e. The normalized spacial score (nSPS) is 22.3. The first-order chi connectivity index (χ1) is 10.5. The molecule has 0 aliphatic carbocycles. The molecular weight excluding hydrogens is 298 g/mol. The van der Waals surface area contributed by atoms with Crippen LogP contribution in [0, 0.1) is 0 Å². The van der Waals surface area contributed by atoms with E-state index < -0.39 is 9.84 Å². The van der Waals surface area contributed by atoms with Crippen LogP contribution in [0.5, 0.6) is 0 Å². The van der Waals surface area contributed by atoms with Crippen LogP contribution in [0.4, 0.5) is 0 Å². The minimum absolute atomic E-state index is 0.267. The van der Waals surface area contributed by atoms with E-state index in [0.717, 1.165) is 12.2 Å². The lowest BCUT2D eigenvalue weighted by atomic mass is 10.1. The molecule has 5 nitrogen and oxygen atoms in total. The highest BCUT2D eigenvalue weighted by molar-refractivity contribution is 7.91. The molecule has 1 atom stereocenters. The molecule has 2 aromatic rings. The number of nitrogens with zero attached hydrogens (tertiary/aromatic N) is 3. The van der Waals surface area contributed by atoms with Crippen LogP contribution in [-0.2, 0) is 16.4 Å². The van der Waals surface area contributed by atoms with Crippen LogP contribution in [-0.4, -0.2) is 47.2 Å². The molecule has 2 heterocycles. The molecule has 0 N–H and O–H groups in total. The monoisotopic (exact) mass is 319 g/mol. The fraction of sp³-hybridized carbons (Fsp3) is 0.438. The highest BCUT2D eigenvalue weighted by Gasteiger charge is 2.24. The first-order valence-corrected chi connectivity index (χ1v) is 9.39. The molecule has 3 rings (SSSR count). The largest absolute Gasteiger partial charge is 0.295 e. The molecule has 6 heteroatoms. The molecule has 1 aromatic heterocycles. The van der Waals surface area contributed by atoms with E-state index in [1.807, 2.05) is 29.1 Å². The van der Waals surface area contributed by atoms with Crippen molar-refractivity contribution in [3.8, 4) is 5.69 Å². The average molecular weight is 319 g/mol. The number of rotatable bonds is 3. The number of hydrogen-bond donors (Lipinski definition) is 0. The van der Waals surface area contributed by atoms with Gasteiger partial charge in [0.05, 0.1) is 17.2 Å². The Morgan fingerprint density at radius 3 is 2.68 bits per heavy atom. The van der Waals surface area contributed by atoms with Crippen LogP contribution < -0.4 is 0 Å². The van der Waals surface area contributed by atoms with Gasteiger partial charge in [0.1, 0.15) is 0 Å². The second kappa shape index (κ2) is 6.22. The predicted octanol–water partition coefficient (Wildman–Crippen LogP) is 1.88. The molecule has 22 heavy (non-hydrogen) atoms. The van der Waals surface area contributed by atoms with E-state index in [1.54, 1.807) is 6.20 Å². The van der Waals surface area contributed by atoms with Crippen molar-refractivity contribution < 1.29 is 8.42 Å². The Bertz CT molecular complexity index is 708. The fourth-order valence-electron chi connectivity index (χ4n) is 2.76. The number of hydrogen-bond acceptors (Lipinski definition) is 4. The molecule has 0 radical (unpaired) electrons. The third kappa shape index (κ3) is 3.56. The number of benzene rings is 1. The summed E-state index contributed by atoms with van der Waals surface area (Å²) in [5.74, 6) is 0.575. The molecule has 1 aliphatic rings. The van der Waals surface area contributed by atoms with Gasteiger partial charge in [0.25, 0.3) is 0 Å². The van der Waals surface area contributed by atoms with Crippen molar-refractivity contribution in [2.45, 2.75) is 25.9 Å². The molecule has 0 bridgehead atoms. The molecular formula is C16H21N3O2S. The SMILES string of the molecule is CC1CCS(=O)(=O)CCN1Cc1ccc(-n2cccn2)cc1. The van der Waals surface area contributed by atoms with E-state index in [9.17, 15) is 8.42 Å². The number of sulfone groups is 1. The summed E-state index contributed by atoms with van der Waals surface area (Å²) in [6.07, 6.45) is 4.39. The van der Waals surface area contributed by atoms with E-state index in [4.69, 9.17) is 0 Å². The van der Waals surface area contributed by atoms with E-state index in [0.29, 0.717) is 24.8 Å². The van der Waals surface area contributed by atoms with Crippen molar-refractivity contribution in [3.63, 3.8) is 0 Å². The molecule has 1 fully saturated rings. The maximum absolute atomic E-state index is 11.8. The van der Waals surface area contributed by atoms with Crippen LogP contribution in [0.2, 0.25) is 0 Å². The van der Waals surface area contributed by atoms with Crippen molar-refractivity contribution in [2.75, 3.05) is 18.1 Å². The molecule has 1 saturated heterocycles. The van der Waals surface area contributed by atoms with E-state index in [-0.39, 0.29) is 5.75 Å². The zero-order chi connectivity index (χ0) is 15.6. The molecule has 1 aliphatic heterocycles. The van der Waals surface area contributed by atoms with Crippen molar-refractivity contribution in [3.05, 3.63) is 48.3 Å². The second-order valence-electron chi connectivity index (χ2n) is 5.88. The van der Waals surface area contributed by atoms with Crippen LogP contribution >= 0.6 is 0 Å². The Kier molecular flexibility index (Phi) is 4.31. The Morgan fingerprint density at radius 2 is 2.00 bits per heavy atom. The van der Waals surface area contributed by atoms with Crippen LogP contribution in [0.25, 0.3) is 5.69 Å². The maximum Gasteiger partial charge on any atom is 0.151 e. The van der Waals surface area contributed by atoms with E-state index in [1.165, 1.54) is 5.56 Å². The van der Waals surface area contributed by atoms with Gasteiger partial charge in [0, 0.05) is 31.5 Å². The van der Waals surface area contributed by atoms with Crippen LogP contribution in [0.1, 0.15) is 18.9 Å². The van der Waals surface area contributed by atoms with Crippen molar-refractivity contribution in [1.82, 2.24) is 14.7 Å². The van der Waals surface area contributed by atoms with E-state index >= 15 is 0 Å². The standard InChI is InChI=1S/C16H21N3O2S/c1-14-7-11-22(20,21)12-10-18(14)13-15-3-5-16(6-4-15)19-9-2-8-17-19/h2-6,8-9,14H,7,10-13H2,1H3. The van der Waals surface area contributed by atoms with Crippen molar-refractivity contribution in [1.29, 1.82) is 0 Å². The Balaban J connectivity index is 1.70. The summed E-state index contributed by atoms with van der Waals surface area (Å²) in [5, 5.41) is 4.21. The Hall–Kier alpha value is -1.66. The number of aromatic nitrogens is 2. The highest BCUT2D eigenvalue weighted by atomic mass is 32.2. The third-order valence-corrected chi connectivity index (χ3v) is 5.91. The van der Waals surface area contributed by atoms with Gasteiger partial charge in [-0.15, -0.1) is 0 Å². The van der Waals surface area contributed by atoms with Gasteiger partial charge in [0.15, 0.2) is 9.84 Å². The Morgan fingerprint density at radius 1 is 1.23 bits per heavy atom. The van der Waals surface area contributed by atoms with Crippen molar-refractivity contribution >= 4 is 9.84 Å². The van der Waals surface area contributed by atoms with Gasteiger partial charge in [-0.25, -0.2) is 13.1 Å². The summed E-state index contributed by atoms with van der Waals surface area (Å²) in [7, 11) is -2.87. The lowest BCUT2D eigenvalue weighted by Gasteiger charge is -2.26. The van der Waals surface area contributed by atoms with Crippen molar-refractivity contribution in [2.24, 2.45) is 0 Å². The van der Waals surface area contributed by atoms with Gasteiger partial charge < -0.3 is 0 Å². The zero-order valence-corrected chi connectivity index (χ0v) is 13.5. The Labute approximate surface area is 131 Å². The quantitative estimate of drug-likeness (QED) is 0.867.